The maximum Gasteiger partial charge on any atom is 0.245 e. The van der Waals surface area contributed by atoms with Crippen LogP contribution >= 0.6 is 0 Å². The van der Waals surface area contributed by atoms with Crippen LogP contribution in [0.25, 0.3) is 0 Å². The topological polar surface area (TPSA) is 9.23 Å². The van der Waals surface area contributed by atoms with E-state index in [2.05, 4.69) is 0 Å². The molecule has 0 radical (unpaired) electrons. The summed E-state index contributed by atoms with van der Waals surface area (Å²) in [5, 5.41) is 0. The highest BCUT2D eigenvalue weighted by Gasteiger charge is 2.19. The standard InChI is InChI=1S/C7H14F2O/c1-3-10-6-4-5-7(2,8)9/h3-6H2,1-2H3. The molecular weight excluding hydrogens is 138 g/mol. The summed E-state index contributed by atoms with van der Waals surface area (Å²) < 4.78 is 29.1. The molecule has 0 bridgehead atoms. The molecule has 0 atom stereocenters. The van der Waals surface area contributed by atoms with Crippen molar-refractivity contribution in [3.8, 4) is 0 Å². The van der Waals surface area contributed by atoms with E-state index in [9.17, 15) is 8.78 Å². The molecule has 0 fully saturated rings. The predicted molar refractivity (Wildman–Crippen MR) is 36.3 cm³/mol. The normalized spacial score (nSPS) is 12.0. The first kappa shape index (κ1) is 9.82. The van der Waals surface area contributed by atoms with Gasteiger partial charge in [0, 0.05) is 19.6 Å². The summed E-state index contributed by atoms with van der Waals surface area (Å²) in [7, 11) is 0. The van der Waals surface area contributed by atoms with E-state index in [4.69, 9.17) is 4.74 Å². The lowest BCUT2D eigenvalue weighted by Gasteiger charge is -2.08. The van der Waals surface area contributed by atoms with Crippen LogP contribution < -0.4 is 0 Å². The molecule has 0 saturated carbocycles. The van der Waals surface area contributed by atoms with Gasteiger partial charge in [-0.25, -0.2) is 8.78 Å². The molecule has 0 aliphatic carbocycles. The Kier molecular flexibility index (Phi) is 4.52. The zero-order chi connectivity index (χ0) is 8.04. The van der Waals surface area contributed by atoms with Crippen molar-refractivity contribution in [1.29, 1.82) is 0 Å². The molecule has 0 aliphatic rings. The molecule has 0 unspecified atom stereocenters. The number of hydrogen-bond donors (Lipinski definition) is 0. The van der Waals surface area contributed by atoms with Gasteiger partial charge in [-0.2, -0.15) is 0 Å². The van der Waals surface area contributed by atoms with Crippen LogP contribution in [0, 0.1) is 0 Å². The van der Waals surface area contributed by atoms with E-state index in [0.29, 0.717) is 19.6 Å². The molecule has 0 aromatic rings. The van der Waals surface area contributed by atoms with Crippen molar-refractivity contribution in [1.82, 2.24) is 0 Å². The molecule has 10 heavy (non-hydrogen) atoms. The minimum absolute atomic E-state index is 0.0764. The fourth-order valence-electron chi connectivity index (χ4n) is 0.629. The van der Waals surface area contributed by atoms with Gasteiger partial charge in [-0.15, -0.1) is 0 Å². The third-order valence-corrected chi connectivity index (χ3v) is 1.11. The Balaban J connectivity index is 3.04. The highest BCUT2D eigenvalue weighted by molar-refractivity contribution is 4.56. The van der Waals surface area contributed by atoms with Crippen molar-refractivity contribution in [3.63, 3.8) is 0 Å². The molecule has 0 amide bonds. The molecule has 0 spiro atoms. The SMILES string of the molecule is CCOCCCC(C)(F)F. The summed E-state index contributed by atoms with van der Waals surface area (Å²) in [5.41, 5.74) is 0. The van der Waals surface area contributed by atoms with Crippen molar-refractivity contribution < 1.29 is 13.5 Å². The van der Waals surface area contributed by atoms with E-state index >= 15 is 0 Å². The van der Waals surface area contributed by atoms with Crippen molar-refractivity contribution in [2.24, 2.45) is 0 Å². The summed E-state index contributed by atoms with van der Waals surface area (Å²) in [4.78, 5) is 0. The Morgan fingerprint density at radius 1 is 1.40 bits per heavy atom. The number of hydrogen-bond acceptors (Lipinski definition) is 1. The Labute approximate surface area is 60.4 Å². The summed E-state index contributed by atoms with van der Waals surface area (Å²) in [5.74, 6) is -2.53. The fraction of sp³-hybridized carbons (Fsp3) is 1.00. The van der Waals surface area contributed by atoms with Crippen molar-refractivity contribution >= 4 is 0 Å². The number of alkyl halides is 2. The zero-order valence-electron chi connectivity index (χ0n) is 6.49. The molecule has 0 rings (SSSR count). The van der Waals surface area contributed by atoms with Gasteiger partial charge in [-0.05, 0) is 20.3 Å². The fourth-order valence-corrected chi connectivity index (χ4v) is 0.629. The van der Waals surface area contributed by atoms with E-state index in [1.165, 1.54) is 0 Å². The molecule has 0 aromatic heterocycles. The smallest absolute Gasteiger partial charge is 0.245 e. The molecule has 0 N–H and O–H groups in total. The van der Waals surface area contributed by atoms with Gasteiger partial charge < -0.3 is 4.74 Å². The first-order valence-electron chi connectivity index (χ1n) is 3.52. The minimum Gasteiger partial charge on any atom is -0.382 e. The second-order valence-electron chi connectivity index (χ2n) is 2.37. The second kappa shape index (κ2) is 4.61. The van der Waals surface area contributed by atoms with Gasteiger partial charge in [0.2, 0.25) is 5.92 Å². The van der Waals surface area contributed by atoms with Crippen LogP contribution in [-0.2, 0) is 4.74 Å². The number of ether oxygens (including phenoxy) is 1. The van der Waals surface area contributed by atoms with E-state index in [0.717, 1.165) is 6.92 Å². The average Bonchev–Trinajstić information content (AvgIpc) is 1.78. The van der Waals surface area contributed by atoms with Crippen molar-refractivity contribution in [2.45, 2.75) is 32.6 Å². The van der Waals surface area contributed by atoms with Crippen LogP contribution in [0.3, 0.4) is 0 Å². The van der Waals surface area contributed by atoms with Crippen LogP contribution in [0.5, 0.6) is 0 Å². The molecule has 1 nitrogen and oxygen atoms in total. The molecule has 0 saturated heterocycles. The average molecular weight is 152 g/mol. The van der Waals surface area contributed by atoms with Gasteiger partial charge >= 0.3 is 0 Å². The maximum atomic E-state index is 12.1. The van der Waals surface area contributed by atoms with Crippen LogP contribution in [0.4, 0.5) is 8.78 Å². The summed E-state index contributed by atoms with van der Waals surface area (Å²) in [6.07, 6.45) is 0.365. The molecule has 0 aromatic carbocycles. The summed E-state index contributed by atoms with van der Waals surface area (Å²) in [6, 6.07) is 0. The van der Waals surface area contributed by atoms with Crippen LogP contribution in [-0.4, -0.2) is 19.1 Å². The van der Waals surface area contributed by atoms with Gasteiger partial charge in [0.15, 0.2) is 0 Å². The Hall–Kier alpha value is -0.180. The van der Waals surface area contributed by atoms with Gasteiger partial charge in [-0.3, -0.25) is 0 Å². The predicted octanol–water partition coefficient (Wildman–Crippen LogP) is 2.46. The zero-order valence-corrected chi connectivity index (χ0v) is 6.49. The molecule has 62 valence electrons. The third-order valence-electron chi connectivity index (χ3n) is 1.11. The molecule has 3 heteroatoms. The van der Waals surface area contributed by atoms with Gasteiger partial charge in [0.05, 0.1) is 0 Å². The monoisotopic (exact) mass is 152 g/mol. The highest BCUT2D eigenvalue weighted by Crippen LogP contribution is 2.18. The first-order chi connectivity index (χ1) is 4.56. The molecular formula is C7H14F2O. The van der Waals surface area contributed by atoms with E-state index in [1.807, 2.05) is 6.92 Å². The summed E-state index contributed by atoms with van der Waals surface area (Å²) in [6.45, 7) is 3.83. The highest BCUT2D eigenvalue weighted by atomic mass is 19.3. The lowest BCUT2D eigenvalue weighted by molar-refractivity contribution is 0.00251. The lowest BCUT2D eigenvalue weighted by atomic mass is 10.2. The molecule has 0 heterocycles. The Morgan fingerprint density at radius 2 is 2.00 bits per heavy atom. The largest absolute Gasteiger partial charge is 0.382 e. The second-order valence-corrected chi connectivity index (χ2v) is 2.37. The Bertz CT molecular complexity index is 78.2. The van der Waals surface area contributed by atoms with Crippen molar-refractivity contribution in [2.75, 3.05) is 13.2 Å². The minimum atomic E-state index is -2.53. The van der Waals surface area contributed by atoms with Crippen molar-refractivity contribution in [3.05, 3.63) is 0 Å². The maximum absolute atomic E-state index is 12.1. The first-order valence-corrected chi connectivity index (χ1v) is 3.52. The van der Waals surface area contributed by atoms with Gasteiger partial charge in [-0.1, -0.05) is 0 Å². The van der Waals surface area contributed by atoms with E-state index < -0.39 is 5.92 Å². The van der Waals surface area contributed by atoms with Crippen LogP contribution in [0.2, 0.25) is 0 Å². The van der Waals surface area contributed by atoms with E-state index in [1.54, 1.807) is 0 Å². The molecule has 0 aliphatic heterocycles. The van der Waals surface area contributed by atoms with Gasteiger partial charge in [0.1, 0.15) is 0 Å². The Morgan fingerprint density at radius 3 is 2.40 bits per heavy atom. The van der Waals surface area contributed by atoms with Crippen LogP contribution in [0.15, 0.2) is 0 Å². The third kappa shape index (κ3) is 7.82. The lowest BCUT2D eigenvalue weighted by Crippen LogP contribution is -2.10. The summed E-state index contributed by atoms with van der Waals surface area (Å²) >= 11 is 0. The quantitative estimate of drug-likeness (QED) is 0.550. The number of rotatable bonds is 5. The van der Waals surface area contributed by atoms with Crippen LogP contribution in [0.1, 0.15) is 26.7 Å². The van der Waals surface area contributed by atoms with E-state index in [-0.39, 0.29) is 6.42 Å². The number of halogens is 2. The van der Waals surface area contributed by atoms with Gasteiger partial charge in [0.25, 0.3) is 0 Å².